The van der Waals surface area contributed by atoms with Crippen molar-refractivity contribution in [1.82, 2.24) is 0 Å². The van der Waals surface area contributed by atoms with Crippen molar-refractivity contribution in [1.29, 1.82) is 5.26 Å². The third kappa shape index (κ3) is 6.24. The number of methoxy groups -OCH3 is 1. The predicted molar refractivity (Wildman–Crippen MR) is 142 cm³/mol. The SMILES string of the molecule is COc1ccc(C(O[C@@H]2CCC[C@H]2OP(N)OCCC#N)(c2ccccc2)c2ccc(C=O)cc2)cc1. The fourth-order valence-electron chi connectivity index (χ4n) is 4.72. The monoisotopic (exact) mass is 518 g/mol. The number of carbonyl (C=O) groups excluding carboxylic acids is 1. The molecule has 1 aliphatic rings. The number of carbonyl (C=O) groups is 1. The smallest absolute Gasteiger partial charge is 0.253 e. The first-order chi connectivity index (χ1) is 18.1. The van der Waals surface area contributed by atoms with Gasteiger partial charge in [-0.2, -0.15) is 5.26 Å². The van der Waals surface area contributed by atoms with E-state index in [4.69, 9.17) is 29.3 Å². The van der Waals surface area contributed by atoms with Crippen LogP contribution in [0.15, 0.2) is 78.9 Å². The van der Waals surface area contributed by atoms with Crippen LogP contribution in [-0.4, -0.2) is 32.2 Å². The number of hydrogen-bond acceptors (Lipinski definition) is 7. The van der Waals surface area contributed by atoms with Crippen molar-refractivity contribution in [3.8, 4) is 11.8 Å². The zero-order valence-electron chi connectivity index (χ0n) is 20.8. The Bertz CT molecular complexity index is 1180. The number of rotatable bonds is 12. The van der Waals surface area contributed by atoms with E-state index in [0.717, 1.165) is 48.0 Å². The van der Waals surface area contributed by atoms with Crippen molar-refractivity contribution in [2.75, 3.05) is 13.7 Å². The molecule has 2 N–H and O–H groups in total. The van der Waals surface area contributed by atoms with Gasteiger partial charge in [0.25, 0.3) is 8.53 Å². The fourth-order valence-corrected chi connectivity index (χ4v) is 5.56. The molecule has 37 heavy (non-hydrogen) atoms. The van der Waals surface area contributed by atoms with Gasteiger partial charge in [0.15, 0.2) is 0 Å². The minimum absolute atomic E-state index is 0.236. The van der Waals surface area contributed by atoms with Gasteiger partial charge < -0.3 is 18.5 Å². The Morgan fingerprint density at radius 1 is 0.973 bits per heavy atom. The quantitative estimate of drug-likeness (QED) is 0.138. The van der Waals surface area contributed by atoms with Crippen LogP contribution in [0.2, 0.25) is 0 Å². The molecule has 0 amide bonds. The molecule has 1 saturated carbocycles. The van der Waals surface area contributed by atoms with E-state index in [0.29, 0.717) is 5.56 Å². The lowest BCUT2D eigenvalue weighted by Gasteiger charge is -2.39. The van der Waals surface area contributed by atoms with Crippen LogP contribution in [0, 0.1) is 11.3 Å². The molecular weight excluding hydrogens is 487 g/mol. The van der Waals surface area contributed by atoms with E-state index in [1.54, 1.807) is 19.2 Å². The third-order valence-corrected chi connectivity index (χ3v) is 7.44. The van der Waals surface area contributed by atoms with Gasteiger partial charge in [-0.25, -0.2) is 0 Å². The summed E-state index contributed by atoms with van der Waals surface area (Å²) in [5.41, 5.74) is 8.49. The zero-order valence-corrected chi connectivity index (χ0v) is 21.7. The van der Waals surface area contributed by atoms with Gasteiger partial charge in [0.1, 0.15) is 17.6 Å². The minimum atomic E-state index is -1.63. The first kappa shape index (κ1) is 26.9. The van der Waals surface area contributed by atoms with Gasteiger partial charge in [0.2, 0.25) is 0 Å². The molecule has 0 heterocycles. The van der Waals surface area contributed by atoms with E-state index >= 15 is 0 Å². The van der Waals surface area contributed by atoms with Crippen molar-refractivity contribution >= 4 is 14.8 Å². The van der Waals surface area contributed by atoms with Gasteiger partial charge in [0, 0.05) is 5.56 Å². The van der Waals surface area contributed by atoms with Crippen molar-refractivity contribution in [3.05, 3.63) is 101 Å². The van der Waals surface area contributed by atoms with E-state index in [-0.39, 0.29) is 25.2 Å². The second-order valence-corrected chi connectivity index (χ2v) is 9.81. The molecule has 4 rings (SSSR count). The predicted octanol–water partition coefficient (Wildman–Crippen LogP) is 5.87. The third-order valence-electron chi connectivity index (χ3n) is 6.52. The molecule has 3 aromatic rings. The first-order valence-corrected chi connectivity index (χ1v) is 13.5. The Balaban J connectivity index is 1.77. The lowest BCUT2D eigenvalue weighted by Crippen LogP contribution is -2.40. The highest BCUT2D eigenvalue weighted by atomic mass is 31.2. The Morgan fingerprint density at radius 2 is 1.59 bits per heavy atom. The maximum absolute atomic E-state index is 11.4. The fraction of sp³-hybridized carbons (Fsp3) is 0.310. The average molecular weight is 519 g/mol. The van der Waals surface area contributed by atoms with Crippen LogP contribution in [0.25, 0.3) is 0 Å². The lowest BCUT2D eigenvalue weighted by atomic mass is 9.79. The number of nitrogens with two attached hydrogens (primary N) is 1. The maximum Gasteiger partial charge on any atom is 0.253 e. The topological polar surface area (TPSA) is 104 Å². The second-order valence-electron chi connectivity index (χ2n) is 8.77. The molecule has 0 aliphatic heterocycles. The van der Waals surface area contributed by atoms with Crippen LogP contribution in [0.5, 0.6) is 5.75 Å². The van der Waals surface area contributed by atoms with Crippen LogP contribution in [0.4, 0.5) is 0 Å². The Hall–Kier alpha value is -3.11. The van der Waals surface area contributed by atoms with E-state index in [1.165, 1.54) is 0 Å². The average Bonchev–Trinajstić information content (AvgIpc) is 3.38. The lowest BCUT2D eigenvalue weighted by molar-refractivity contribution is -0.0823. The summed E-state index contributed by atoms with van der Waals surface area (Å²) in [7, 11) is 0.00333. The molecule has 8 heteroatoms. The first-order valence-electron chi connectivity index (χ1n) is 12.3. The summed E-state index contributed by atoms with van der Waals surface area (Å²) in [5, 5.41) is 8.77. The van der Waals surface area contributed by atoms with E-state index in [1.807, 2.05) is 72.8 Å². The van der Waals surface area contributed by atoms with Crippen molar-refractivity contribution < 1.29 is 23.3 Å². The van der Waals surface area contributed by atoms with E-state index in [2.05, 4.69) is 0 Å². The summed E-state index contributed by atoms with van der Waals surface area (Å²) in [6.07, 6.45) is 3.08. The molecule has 0 radical (unpaired) electrons. The van der Waals surface area contributed by atoms with E-state index < -0.39 is 14.1 Å². The van der Waals surface area contributed by atoms with Crippen LogP contribution in [-0.2, 0) is 19.4 Å². The van der Waals surface area contributed by atoms with Crippen molar-refractivity contribution in [2.45, 2.75) is 43.5 Å². The number of nitriles is 1. The van der Waals surface area contributed by atoms with Crippen LogP contribution < -0.4 is 10.2 Å². The number of benzene rings is 3. The molecule has 1 fully saturated rings. The molecule has 0 bridgehead atoms. The molecule has 0 aromatic heterocycles. The van der Waals surface area contributed by atoms with Gasteiger partial charge in [-0.05, 0) is 48.1 Å². The summed E-state index contributed by atoms with van der Waals surface area (Å²) in [6, 6.07) is 27.4. The normalized spacial score (nSPS) is 19.5. The summed E-state index contributed by atoms with van der Waals surface area (Å²) in [5.74, 6) is 0.743. The molecule has 0 spiro atoms. The Labute approximate surface area is 219 Å². The van der Waals surface area contributed by atoms with Crippen molar-refractivity contribution in [2.24, 2.45) is 5.50 Å². The highest BCUT2D eigenvalue weighted by Gasteiger charge is 2.43. The summed E-state index contributed by atoms with van der Waals surface area (Å²) in [6.45, 7) is 0.236. The second kappa shape index (κ2) is 12.9. The van der Waals surface area contributed by atoms with Crippen LogP contribution in [0.1, 0.15) is 52.7 Å². The molecule has 3 aromatic carbocycles. The number of hydrogen-bond donors (Lipinski definition) is 1. The highest BCUT2D eigenvalue weighted by Crippen LogP contribution is 2.46. The van der Waals surface area contributed by atoms with Gasteiger partial charge in [-0.1, -0.05) is 66.7 Å². The minimum Gasteiger partial charge on any atom is -0.497 e. The van der Waals surface area contributed by atoms with Gasteiger partial charge in [-0.3, -0.25) is 10.3 Å². The standard InChI is InChI=1S/C29H31N2O5P/c1-33-26-17-15-25(16-18-26)29(23-7-3-2-4-8-23,24-13-11-22(21-32)12-14-24)35-27-9-5-10-28(27)36-37(31)34-20-6-19-30/h2-4,7-8,11-18,21,27-28H,5-6,9-10,20,31H2,1H3/t27-,28-,29?,37?/m1/s1. The summed E-state index contributed by atoms with van der Waals surface area (Å²) >= 11 is 0. The Kier molecular flexibility index (Phi) is 9.40. The molecule has 2 unspecified atom stereocenters. The van der Waals surface area contributed by atoms with Gasteiger partial charge in [0.05, 0.1) is 38.4 Å². The highest BCUT2D eigenvalue weighted by molar-refractivity contribution is 7.44. The zero-order chi connectivity index (χ0) is 26.1. The maximum atomic E-state index is 11.4. The molecule has 4 atom stereocenters. The van der Waals surface area contributed by atoms with Gasteiger partial charge >= 0.3 is 0 Å². The Morgan fingerprint density at radius 3 is 2.22 bits per heavy atom. The van der Waals surface area contributed by atoms with Crippen LogP contribution in [0.3, 0.4) is 0 Å². The largest absolute Gasteiger partial charge is 0.497 e. The van der Waals surface area contributed by atoms with Gasteiger partial charge in [-0.15, -0.1) is 0 Å². The molecule has 192 valence electrons. The number of nitrogens with zero attached hydrogens (tertiary/aromatic N) is 1. The van der Waals surface area contributed by atoms with Crippen LogP contribution >= 0.6 is 8.53 Å². The number of ether oxygens (including phenoxy) is 2. The number of aldehydes is 1. The molecular formula is C29H31N2O5P. The molecule has 1 aliphatic carbocycles. The summed E-state index contributed by atoms with van der Waals surface area (Å²) < 4.78 is 24.2. The van der Waals surface area contributed by atoms with E-state index in [9.17, 15) is 4.79 Å². The van der Waals surface area contributed by atoms with Crippen molar-refractivity contribution in [3.63, 3.8) is 0 Å². The summed E-state index contributed by atoms with van der Waals surface area (Å²) in [4.78, 5) is 11.4. The molecule has 7 nitrogen and oxygen atoms in total. The molecule has 0 saturated heterocycles.